The number of hydrogen-bond donors (Lipinski definition) is 2. The third-order valence-electron chi connectivity index (χ3n) is 2.91. The summed E-state index contributed by atoms with van der Waals surface area (Å²) in [5, 5.41) is 4.02. The third kappa shape index (κ3) is 3.63. The van der Waals surface area contributed by atoms with E-state index < -0.39 is 0 Å². The van der Waals surface area contributed by atoms with Crippen molar-refractivity contribution in [2.24, 2.45) is 0 Å². The SMILES string of the molecule is O=C(CSc1nc2ccc(Br)cc2[nH]1)Nc1ccccc1Cl. The second-order valence-electron chi connectivity index (χ2n) is 4.52. The number of nitrogens with one attached hydrogen (secondary N) is 2. The van der Waals surface area contributed by atoms with Crippen LogP contribution in [0.3, 0.4) is 0 Å². The maximum absolute atomic E-state index is 12.0. The molecule has 0 bridgehead atoms. The van der Waals surface area contributed by atoms with Crippen LogP contribution in [0, 0.1) is 0 Å². The Hall–Kier alpha value is -1.50. The molecule has 2 aromatic carbocycles. The van der Waals surface area contributed by atoms with Gasteiger partial charge in [-0.25, -0.2) is 4.98 Å². The van der Waals surface area contributed by atoms with Crippen molar-refractivity contribution in [1.82, 2.24) is 9.97 Å². The van der Waals surface area contributed by atoms with Gasteiger partial charge in [0.1, 0.15) is 0 Å². The summed E-state index contributed by atoms with van der Waals surface area (Å²) in [7, 11) is 0. The lowest BCUT2D eigenvalue weighted by Crippen LogP contribution is -2.14. The highest BCUT2D eigenvalue weighted by molar-refractivity contribution is 9.10. The Balaban J connectivity index is 1.63. The van der Waals surface area contributed by atoms with Crippen LogP contribution in [0.5, 0.6) is 0 Å². The van der Waals surface area contributed by atoms with E-state index in [1.165, 1.54) is 11.8 Å². The van der Waals surface area contributed by atoms with Crippen LogP contribution in [0.25, 0.3) is 11.0 Å². The standard InChI is InChI=1S/C15H11BrClN3OS/c16-9-5-6-12-13(7-9)20-15(19-12)22-8-14(21)18-11-4-2-1-3-10(11)17/h1-7H,8H2,(H,18,21)(H,19,20). The molecule has 2 N–H and O–H groups in total. The van der Waals surface area contributed by atoms with Crippen molar-refractivity contribution >= 4 is 61.9 Å². The van der Waals surface area contributed by atoms with Gasteiger partial charge in [-0.1, -0.05) is 51.4 Å². The van der Waals surface area contributed by atoms with Crippen molar-refractivity contribution in [1.29, 1.82) is 0 Å². The minimum atomic E-state index is -0.125. The number of imidazole rings is 1. The molecule has 0 aliphatic carbocycles. The van der Waals surface area contributed by atoms with E-state index in [1.807, 2.05) is 30.3 Å². The molecule has 0 unspecified atom stereocenters. The Bertz CT molecular complexity index is 837. The van der Waals surface area contributed by atoms with Gasteiger partial charge in [-0.3, -0.25) is 4.79 Å². The van der Waals surface area contributed by atoms with Gasteiger partial charge in [-0.2, -0.15) is 0 Å². The molecule has 112 valence electrons. The number of nitrogens with zero attached hydrogens (tertiary/aromatic N) is 1. The Morgan fingerprint density at radius 3 is 2.95 bits per heavy atom. The van der Waals surface area contributed by atoms with Crippen LogP contribution in [-0.2, 0) is 4.79 Å². The molecule has 0 aliphatic heterocycles. The Morgan fingerprint density at radius 2 is 2.14 bits per heavy atom. The molecule has 0 aliphatic rings. The fourth-order valence-electron chi connectivity index (χ4n) is 1.91. The number of aromatic amines is 1. The van der Waals surface area contributed by atoms with Crippen LogP contribution < -0.4 is 5.32 Å². The number of benzene rings is 2. The van der Waals surface area contributed by atoms with Crippen LogP contribution >= 0.6 is 39.3 Å². The predicted octanol–water partition coefficient (Wildman–Crippen LogP) is 4.71. The summed E-state index contributed by atoms with van der Waals surface area (Å²) in [6.45, 7) is 0. The highest BCUT2D eigenvalue weighted by Gasteiger charge is 2.09. The van der Waals surface area contributed by atoms with Gasteiger partial charge in [0.05, 0.1) is 27.5 Å². The number of carbonyl (C=O) groups excluding carboxylic acids is 1. The summed E-state index contributed by atoms with van der Waals surface area (Å²) < 4.78 is 0.983. The summed E-state index contributed by atoms with van der Waals surface area (Å²) in [5.41, 5.74) is 2.42. The molecule has 3 aromatic rings. The van der Waals surface area contributed by atoms with Crippen LogP contribution in [-0.4, -0.2) is 21.6 Å². The molecule has 0 saturated carbocycles. The maximum Gasteiger partial charge on any atom is 0.234 e. The highest BCUT2D eigenvalue weighted by atomic mass is 79.9. The predicted molar refractivity (Wildman–Crippen MR) is 94.6 cm³/mol. The number of carbonyl (C=O) groups is 1. The van der Waals surface area contributed by atoms with Gasteiger partial charge in [0.15, 0.2) is 5.16 Å². The topological polar surface area (TPSA) is 57.8 Å². The second kappa shape index (κ2) is 6.73. The van der Waals surface area contributed by atoms with Gasteiger partial charge >= 0.3 is 0 Å². The number of thioether (sulfide) groups is 1. The summed E-state index contributed by atoms with van der Waals surface area (Å²) in [4.78, 5) is 19.6. The van der Waals surface area contributed by atoms with Crippen LogP contribution in [0.4, 0.5) is 5.69 Å². The fourth-order valence-corrected chi connectivity index (χ4v) is 3.14. The molecule has 1 amide bonds. The molecule has 0 radical (unpaired) electrons. The smallest absolute Gasteiger partial charge is 0.234 e. The molecule has 0 atom stereocenters. The quantitative estimate of drug-likeness (QED) is 0.628. The van der Waals surface area contributed by atoms with Crippen molar-refractivity contribution in [3.8, 4) is 0 Å². The molecule has 0 saturated heterocycles. The lowest BCUT2D eigenvalue weighted by molar-refractivity contribution is -0.113. The minimum Gasteiger partial charge on any atom is -0.333 e. The van der Waals surface area contributed by atoms with E-state index in [2.05, 4.69) is 31.2 Å². The summed E-state index contributed by atoms with van der Waals surface area (Å²) in [5.74, 6) is 0.131. The third-order valence-corrected chi connectivity index (χ3v) is 4.61. The molecule has 3 rings (SSSR count). The van der Waals surface area contributed by atoms with Gasteiger partial charge < -0.3 is 10.3 Å². The van der Waals surface area contributed by atoms with E-state index in [4.69, 9.17) is 11.6 Å². The summed E-state index contributed by atoms with van der Waals surface area (Å²) in [6, 6.07) is 13.0. The molecule has 4 nitrogen and oxygen atoms in total. The zero-order chi connectivity index (χ0) is 15.5. The van der Waals surface area contributed by atoms with E-state index in [1.54, 1.807) is 12.1 Å². The largest absolute Gasteiger partial charge is 0.333 e. The summed E-state index contributed by atoms with van der Waals surface area (Å²) in [6.07, 6.45) is 0. The van der Waals surface area contributed by atoms with E-state index >= 15 is 0 Å². The maximum atomic E-state index is 12.0. The highest BCUT2D eigenvalue weighted by Crippen LogP contribution is 2.24. The zero-order valence-corrected chi connectivity index (χ0v) is 14.4. The van der Waals surface area contributed by atoms with Gasteiger partial charge in [-0.05, 0) is 30.3 Å². The molecule has 7 heteroatoms. The molecular formula is C15H11BrClN3OS. The van der Waals surface area contributed by atoms with E-state index in [9.17, 15) is 4.79 Å². The Labute approximate surface area is 144 Å². The van der Waals surface area contributed by atoms with Gasteiger partial charge in [0.2, 0.25) is 5.91 Å². The van der Waals surface area contributed by atoms with Crippen LogP contribution in [0.15, 0.2) is 52.1 Å². The van der Waals surface area contributed by atoms with Crippen molar-refractivity contribution < 1.29 is 4.79 Å². The van der Waals surface area contributed by atoms with Gasteiger partial charge in [0, 0.05) is 4.47 Å². The van der Waals surface area contributed by atoms with Crippen molar-refractivity contribution in [2.75, 3.05) is 11.1 Å². The lowest BCUT2D eigenvalue weighted by atomic mass is 10.3. The van der Waals surface area contributed by atoms with E-state index in [0.29, 0.717) is 15.9 Å². The first-order valence-electron chi connectivity index (χ1n) is 6.44. The number of hydrogen-bond acceptors (Lipinski definition) is 3. The van der Waals surface area contributed by atoms with Crippen LogP contribution in [0.1, 0.15) is 0 Å². The van der Waals surface area contributed by atoms with Gasteiger partial charge in [-0.15, -0.1) is 0 Å². The molecule has 1 aromatic heterocycles. The summed E-state index contributed by atoms with van der Waals surface area (Å²) >= 11 is 10.8. The normalized spacial score (nSPS) is 10.8. The number of halogens is 2. The van der Waals surface area contributed by atoms with Crippen molar-refractivity contribution in [3.05, 3.63) is 52.0 Å². The molecule has 1 heterocycles. The van der Waals surface area contributed by atoms with Crippen molar-refractivity contribution in [2.45, 2.75) is 5.16 Å². The second-order valence-corrected chi connectivity index (χ2v) is 6.81. The average molecular weight is 397 g/mol. The number of fused-ring (bicyclic) bond motifs is 1. The number of H-pyrrole nitrogens is 1. The van der Waals surface area contributed by atoms with Gasteiger partial charge in [0.25, 0.3) is 0 Å². The zero-order valence-electron chi connectivity index (χ0n) is 11.3. The minimum absolute atomic E-state index is 0.125. The molecule has 0 spiro atoms. The number of aromatic nitrogens is 2. The fraction of sp³-hybridized carbons (Fsp3) is 0.0667. The van der Waals surface area contributed by atoms with E-state index in [-0.39, 0.29) is 11.7 Å². The first kappa shape index (κ1) is 15.4. The number of anilines is 1. The van der Waals surface area contributed by atoms with E-state index in [0.717, 1.165) is 15.5 Å². The first-order valence-corrected chi connectivity index (χ1v) is 8.60. The molecule has 22 heavy (non-hydrogen) atoms. The monoisotopic (exact) mass is 395 g/mol. The van der Waals surface area contributed by atoms with Crippen LogP contribution in [0.2, 0.25) is 5.02 Å². The molecule has 0 fully saturated rings. The number of amides is 1. The first-order chi connectivity index (χ1) is 10.6. The Kier molecular flexibility index (Phi) is 4.71. The number of para-hydroxylation sites is 1. The average Bonchev–Trinajstić information content (AvgIpc) is 2.89. The van der Waals surface area contributed by atoms with Crippen molar-refractivity contribution in [3.63, 3.8) is 0 Å². The molecular weight excluding hydrogens is 386 g/mol. The Morgan fingerprint density at radius 1 is 1.32 bits per heavy atom. The lowest BCUT2D eigenvalue weighted by Gasteiger charge is -2.05. The number of rotatable bonds is 4.